The van der Waals surface area contributed by atoms with Gasteiger partial charge >= 0.3 is 5.97 Å². The van der Waals surface area contributed by atoms with Crippen molar-refractivity contribution in [1.82, 2.24) is 9.88 Å². The molecule has 8 heteroatoms. The Morgan fingerprint density at radius 2 is 1.76 bits per heavy atom. The maximum atomic E-state index is 13.1. The van der Waals surface area contributed by atoms with Gasteiger partial charge in [-0.05, 0) is 74.1 Å². The molecule has 0 radical (unpaired) electrons. The molecule has 2 aromatic carbocycles. The molecule has 174 valence electrons. The summed E-state index contributed by atoms with van der Waals surface area (Å²) in [5.74, 6) is -0.141. The number of benzene rings is 2. The first-order valence-electron chi connectivity index (χ1n) is 11.1. The third-order valence-electron chi connectivity index (χ3n) is 6.23. The van der Waals surface area contributed by atoms with Gasteiger partial charge in [0.05, 0.1) is 23.5 Å². The van der Waals surface area contributed by atoms with Gasteiger partial charge < -0.3 is 19.7 Å². The Hall–Kier alpha value is -2.70. The van der Waals surface area contributed by atoms with Crippen LogP contribution in [0.3, 0.4) is 0 Å². The zero-order valence-corrected chi connectivity index (χ0v) is 19.6. The van der Waals surface area contributed by atoms with Gasteiger partial charge in [0.25, 0.3) is 5.91 Å². The molecule has 1 amide bonds. The number of carboxylic acids is 1. The van der Waals surface area contributed by atoms with Crippen LogP contribution in [-0.4, -0.2) is 34.7 Å². The van der Waals surface area contributed by atoms with Crippen LogP contribution >= 0.6 is 23.2 Å². The largest absolute Gasteiger partial charge is 0.492 e. The number of hydrogen-bond donors (Lipinski definition) is 2. The van der Waals surface area contributed by atoms with Crippen molar-refractivity contribution in [2.45, 2.75) is 32.2 Å². The second-order valence-corrected chi connectivity index (χ2v) is 9.34. The van der Waals surface area contributed by atoms with Gasteiger partial charge in [0, 0.05) is 28.2 Å². The third-order valence-corrected chi connectivity index (χ3v) is 6.70. The highest BCUT2D eigenvalue weighted by molar-refractivity contribution is 6.32. The highest BCUT2D eigenvalue weighted by Crippen LogP contribution is 2.29. The third kappa shape index (κ3) is 5.81. The molecule has 1 saturated carbocycles. The number of nitrogens with zero attached hydrogens (tertiary/aromatic N) is 1. The van der Waals surface area contributed by atoms with Crippen LogP contribution in [0.15, 0.2) is 48.7 Å². The van der Waals surface area contributed by atoms with E-state index >= 15 is 0 Å². The molecule has 33 heavy (non-hydrogen) atoms. The van der Waals surface area contributed by atoms with E-state index in [-0.39, 0.29) is 11.8 Å². The molecule has 0 unspecified atom stereocenters. The van der Waals surface area contributed by atoms with Crippen molar-refractivity contribution in [2.24, 2.45) is 11.8 Å². The minimum atomic E-state index is -0.723. The van der Waals surface area contributed by atoms with Crippen LogP contribution in [0.25, 0.3) is 10.9 Å². The van der Waals surface area contributed by atoms with Gasteiger partial charge in [0.2, 0.25) is 0 Å². The van der Waals surface area contributed by atoms with Crippen LogP contribution in [0.1, 0.15) is 36.0 Å². The Morgan fingerprint density at radius 3 is 2.45 bits per heavy atom. The number of rotatable bonds is 8. The lowest BCUT2D eigenvalue weighted by Gasteiger charge is -2.26. The standard InChI is InChI=1S/C25H26Cl2N2O4/c26-19-5-7-21(8-6-19)33-12-11-29-10-9-18-13-20(27)14-22(23(18)29)24(30)28-15-16-1-3-17(4-2-16)25(31)32/h5-10,13-14,16-17H,1-4,11-12,15H2,(H,28,30)(H,31,32). The van der Waals surface area contributed by atoms with Crippen molar-refractivity contribution in [2.75, 3.05) is 13.2 Å². The Morgan fingerprint density at radius 1 is 1.03 bits per heavy atom. The number of nitrogens with one attached hydrogen (secondary N) is 1. The van der Waals surface area contributed by atoms with Crippen LogP contribution in [-0.2, 0) is 11.3 Å². The normalized spacial score (nSPS) is 18.2. The summed E-state index contributed by atoms with van der Waals surface area (Å²) in [5.41, 5.74) is 1.33. The van der Waals surface area contributed by atoms with Crippen molar-refractivity contribution in [1.29, 1.82) is 0 Å². The summed E-state index contributed by atoms with van der Waals surface area (Å²) in [4.78, 5) is 24.2. The molecule has 0 bridgehead atoms. The SMILES string of the molecule is O=C(NCC1CCC(C(=O)O)CC1)c1cc(Cl)cc2ccn(CCOc3ccc(Cl)cc3)c12. The fourth-order valence-electron chi connectivity index (χ4n) is 4.41. The molecule has 6 nitrogen and oxygen atoms in total. The first-order valence-corrected chi connectivity index (χ1v) is 11.8. The number of halogens is 2. The van der Waals surface area contributed by atoms with E-state index in [1.807, 2.05) is 35.0 Å². The average Bonchev–Trinajstić information content (AvgIpc) is 3.21. The fourth-order valence-corrected chi connectivity index (χ4v) is 4.76. The molecule has 1 heterocycles. The second-order valence-electron chi connectivity index (χ2n) is 8.47. The van der Waals surface area contributed by atoms with Crippen molar-refractivity contribution >= 4 is 46.0 Å². The van der Waals surface area contributed by atoms with E-state index in [4.69, 9.17) is 33.0 Å². The van der Waals surface area contributed by atoms with Gasteiger partial charge in [-0.2, -0.15) is 0 Å². The molecular weight excluding hydrogens is 463 g/mol. The summed E-state index contributed by atoms with van der Waals surface area (Å²) in [6, 6.07) is 12.7. The van der Waals surface area contributed by atoms with Gasteiger partial charge in [-0.15, -0.1) is 0 Å². The number of carbonyl (C=O) groups is 2. The van der Waals surface area contributed by atoms with Crippen molar-refractivity contribution < 1.29 is 19.4 Å². The topological polar surface area (TPSA) is 80.6 Å². The van der Waals surface area contributed by atoms with Gasteiger partial charge in [-0.25, -0.2) is 0 Å². The first-order chi connectivity index (χ1) is 15.9. The van der Waals surface area contributed by atoms with E-state index in [1.54, 1.807) is 18.2 Å². The number of ether oxygens (including phenoxy) is 1. The smallest absolute Gasteiger partial charge is 0.306 e. The van der Waals surface area contributed by atoms with Gasteiger partial charge in [-0.3, -0.25) is 9.59 Å². The highest BCUT2D eigenvalue weighted by atomic mass is 35.5. The lowest BCUT2D eigenvalue weighted by molar-refractivity contribution is -0.143. The van der Waals surface area contributed by atoms with Crippen LogP contribution in [0.4, 0.5) is 0 Å². The maximum Gasteiger partial charge on any atom is 0.306 e. The quantitative estimate of drug-likeness (QED) is 0.429. The molecule has 3 aromatic rings. The van der Waals surface area contributed by atoms with E-state index in [0.717, 1.165) is 29.5 Å². The molecule has 4 rings (SSSR count). The summed E-state index contributed by atoms with van der Waals surface area (Å²) < 4.78 is 7.81. The summed E-state index contributed by atoms with van der Waals surface area (Å²) in [6.45, 7) is 1.52. The number of carbonyl (C=O) groups excluding carboxylic acids is 1. The number of fused-ring (bicyclic) bond motifs is 1. The minimum absolute atomic E-state index is 0.179. The minimum Gasteiger partial charge on any atom is -0.492 e. The van der Waals surface area contributed by atoms with Crippen LogP contribution < -0.4 is 10.1 Å². The Kier molecular flexibility index (Phi) is 7.46. The summed E-state index contributed by atoms with van der Waals surface area (Å²) in [7, 11) is 0. The Bertz CT molecular complexity index is 1140. The van der Waals surface area contributed by atoms with Gasteiger partial charge in [0.15, 0.2) is 0 Å². The highest BCUT2D eigenvalue weighted by Gasteiger charge is 2.26. The lowest BCUT2D eigenvalue weighted by atomic mass is 9.82. The zero-order valence-electron chi connectivity index (χ0n) is 18.1. The van der Waals surface area contributed by atoms with Crippen LogP contribution in [0.5, 0.6) is 5.75 Å². The van der Waals surface area contributed by atoms with Gasteiger partial charge in [0.1, 0.15) is 12.4 Å². The van der Waals surface area contributed by atoms with Crippen molar-refractivity contribution in [3.8, 4) is 5.75 Å². The molecule has 0 saturated heterocycles. The molecule has 0 atom stereocenters. The average molecular weight is 489 g/mol. The molecule has 1 fully saturated rings. The number of aromatic nitrogens is 1. The van der Waals surface area contributed by atoms with E-state index < -0.39 is 5.97 Å². The second kappa shape index (κ2) is 10.5. The number of hydrogen-bond acceptors (Lipinski definition) is 3. The van der Waals surface area contributed by atoms with Crippen molar-refractivity contribution in [3.05, 3.63) is 64.3 Å². The number of carboxylic acid groups (broad SMARTS) is 1. The van der Waals surface area contributed by atoms with Crippen molar-refractivity contribution in [3.63, 3.8) is 0 Å². The van der Waals surface area contributed by atoms with E-state index in [0.29, 0.717) is 54.1 Å². The predicted octanol–water partition coefficient (Wildman–Crippen LogP) is 5.65. The molecular formula is C25H26Cl2N2O4. The number of aliphatic carboxylic acids is 1. The number of amides is 1. The van der Waals surface area contributed by atoms with E-state index in [9.17, 15) is 9.59 Å². The first kappa shape index (κ1) is 23.5. The molecule has 1 aliphatic rings. The molecule has 0 aliphatic heterocycles. The summed E-state index contributed by atoms with van der Waals surface area (Å²) in [5, 5.41) is 14.2. The fraction of sp³-hybridized carbons (Fsp3) is 0.360. The summed E-state index contributed by atoms with van der Waals surface area (Å²) in [6.07, 6.45) is 4.86. The molecule has 0 spiro atoms. The monoisotopic (exact) mass is 488 g/mol. The Balaban J connectivity index is 1.42. The predicted molar refractivity (Wildman–Crippen MR) is 129 cm³/mol. The summed E-state index contributed by atoms with van der Waals surface area (Å²) >= 11 is 12.2. The van der Waals surface area contributed by atoms with Crippen LogP contribution in [0, 0.1) is 11.8 Å². The molecule has 2 N–H and O–H groups in total. The van der Waals surface area contributed by atoms with Crippen LogP contribution in [0.2, 0.25) is 10.0 Å². The van der Waals surface area contributed by atoms with E-state index in [1.165, 1.54) is 0 Å². The maximum absolute atomic E-state index is 13.1. The Labute approximate surface area is 202 Å². The lowest BCUT2D eigenvalue weighted by Crippen LogP contribution is -2.32. The zero-order chi connectivity index (χ0) is 23.4. The van der Waals surface area contributed by atoms with E-state index in [2.05, 4.69) is 5.32 Å². The molecule has 1 aliphatic carbocycles. The van der Waals surface area contributed by atoms with Gasteiger partial charge in [-0.1, -0.05) is 23.2 Å². The molecule has 1 aromatic heterocycles.